The number of rotatable bonds is 12. The van der Waals surface area contributed by atoms with Crippen LogP contribution in [-0.2, 0) is 31.9 Å². The molecule has 2 aromatic carbocycles. The molecule has 0 aromatic heterocycles. The zero-order valence-electron chi connectivity index (χ0n) is 29.5. The zero-order valence-corrected chi connectivity index (χ0v) is 30.4. The molecule has 0 amide bonds. The second-order valence-electron chi connectivity index (χ2n) is 12.6. The van der Waals surface area contributed by atoms with Crippen LogP contribution in [0.1, 0.15) is 108 Å². The normalized spacial score (nSPS) is 11.5. The molecule has 8 heteroatoms. The summed E-state index contributed by atoms with van der Waals surface area (Å²) in [5, 5.41) is 0. The van der Waals surface area contributed by atoms with Gasteiger partial charge in [0, 0.05) is 12.1 Å². The number of hydrogen-bond acceptors (Lipinski definition) is 7. The minimum absolute atomic E-state index is 0.222. The van der Waals surface area contributed by atoms with Crippen LogP contribution in [0, 0.1) is 10.8 Å². The van der Waals surface area contributed by atoms with Crippen LogP contribution >= 0.6 is 8.53 Å². The highest BCUT2D eigenvalue weighted by Gasteiger charge is 2.28. The highest BCUT2D eigenvalue weighted by atomic mass is 31.2. The second kappa shape index (κ2) is 20.5. The molecule has 0 aliphatic rings. The van der Waals surface area contributed by atoms with Gasteiger partial charge in [-0.1, -0.05) is 51.1 Å². The van der Waals surface area contributed by atoms with Gasteiger partial charge in [-0.15, -0.1) is 6.58 Å². The summed E-state index contributed by atoms with van der Waals surface area (Å²) in [6, 6.07) is 15.1. The standard InChI is InChI=1S/C30H44NO6P.C4H8.C2H6/c1-21(2)31(22(3)4)38(34-19-23-11-15-25(16-12-23)36-27(32)29(5,6)7)35-20-24-13-17-26(18-14-24)37-28(33)30(8,9)10;1-3-4-2;1-2/h11-18,21-22H,19-20H2,1-10H3;3H,1,4H2,2H3;1-2H3. The number of ether oxygens (including phenoxy) is 2. The van der Waals surface area contributed by atoms with Crippen LogP contribution in [0.25, 0.3) is 0 Å². The van der Waals surface area contributed by atoms with Gasteiger partial charge in [0.1, 0.15) is 11.5 Å². The Morgan fingerprint density at radius 3 is 1.25 bits per heavy atom. The molecule has 0 atom stereocenters. The largest absolute Gasteiger partial charge is 0.426 e. The lowest BCUT2D eigenvalue weighted by Crippen LogP contribution is -2.33. The zero-order chi connectivity index (χ0) is 34.1. The summed E-state index contributed by atoms with van der Waals surface area (Å²) >= 11 is 0. The van der Waals surface area contributed by atoms with Crippen molar-refractivity contribution in [2.45, 2.75) is 122 Å². The van der Waals surface area contributed by atoms with E-state index in [1.807, 2.05) is 85.7 Å². The first-order chi connectivity index (χ1) is 20.5. The Bertz CT molecular complexity index is 1020. The molecular formula is C36H58NO6P. The van der Waals surface area contributed by atoms with E-state index in [0.717, 1.165) is 17.5 Å². The molecule has 0 saturated carbocycles. The van der Waals surface area contributed by atoms with E-state index in [9.17, 15) is 9.59 Å². The van der Waals surface area contributed by atoms with E-state index in [1.54, 1.807) is 24.3 Å². The van der Waals surface area contributed by atoms with Gasteiger partial charge in [-0.05, 0) is 111 Å². The molecule has 0 fully saturated rings. The van der Waals surface area contributed by atoms with Crippen molar-refractivity contribution >= 4 is 20.5 Å². The van der Waals surface area contributed by atoms with Crippen LogP contribution in [-0.4, -0.2) is 28.7 Å². The van der Waals surface area contributed by atoms with Crippen molar-refractivity contribution in [1.29, 1.82) is 0 Å². The second-order valence-corrected chi connectivity index (χ2v) is 14.1. The van der Waals surface area contributed by atoms with E-state index in [4.69, 9.17) is 18.5 Å². The van der Waals surface area contributed by atoms with Gasteiger partial charge in [0.15, 0.2) is 0 Å². The maximum absolute atomic E-state index is 12.1. The Balaban J connectivity index is 0.00000284. The molecule has 44 heavy (non-hydrogen) atoms. The number of nitrogens with zero attached hydrogens (tertiary/aromatic N) is 1. The number of carbonyl (C=O) groups excluding carboxylic acids is 2. The Kier molecular flexibility index (Phi) is 19.3. The number of esters is 2. The molecule has 0 bridgehead atoms. The average molecular weight is 632 g/mol. The summed E-state index contributed by atoms with van der Waals surface area (Å²) in [5.74, 6) is 0.469. The minimum atomic E-state index is -1.36. The molecule has 248 valence electrons. The molecule has 2 rings (SSSR count). The Hall–Kier alpha value is -2.57. The van der Waals surface area contributed by atoms with Gasteiger partial charge in [0.2, 0.25) is 0 Å². The van der Waals surface area contributed by atoms with E-state index in [-0.39, 0.29) is 24.0 Å². The quantitative estimate of drug-likeness (QED) is 0.0998. The monoisotopic (exact) mass is 631 g/mol. The highest BCUT2D eigenvalue weighted by molar-refractivity contribution is 7.44. The van der Waals surface area contributed by atoms with Gasteiger partial charge in [0.05, 0.1) is 24.0 Å². The molecular weight excluding hydrogens is 573 g/mol. The Labute approximate surface area is 269 Å². The SMILES string of the molecule is C=CCC.CC.CC(C)N(C(C)C)P(OCc1ccc(OC(=O)C(C)(C)C)cc1)OCc1ccc(OC(=O)C(C)(C)C)cc1. The number of allylic oxidation sites excluding steroid dienone is 1. The van der Waals surface area contributed by atoms with Crippen molar-refractivity contribution < 1.29 is 28.1 Å². The van der Waals surface area contributed by atoms with Crippen LogP contribution in [0.15, 0.2) is 61.2 Å². The summed E-state index contributed by atoms with van der Waals surface area (Å²) < 4.78 is 25.8. The van der Waals surface area contributed by atoms with Gasteiger partial charge in [-0.25, -0.2) is 4.67 Å². The van der Waals surface area contributed by atoms with Gasteiger partial charge < -0.3 is 18.5 Å². The van der Waals surface area contributed by atoms with Gasteiger partial charge in [-0.3, -0.25) is 9.59 Å². The third-order valence-corrected chi connectivity index (χ3v) is 7.71. The Morgan fingerprint density at radius 2 is 1.02 bits per heavy atom. The lowest BCUT2D eigenvalue weighted by Gasteiger charge is -2.35. The van der Waals surface area contributed by atoms with Crippen molar-refractivity contribution in [3.05, 3.63) is 72.3 Å². The molecule has 0 spiro atoms. The maximum Gasteiger partial charge on any atom is 0.316 e. The van der Waals surface area contributed by atoms with E-state index < -0.39 is 19.4 Å². The van der Waals surface area contributed by atoms with Crippen LogP contribution in [0.5, 0.6) is 11.5 Å². The maximum atomic E-state index is 12.1. The first kappa shape index (κ1) is 41.4. The van der Waals surface area contributed by atoms with Crippen molar-refractivity contribution in [2.75, 3.05) is 0 Å². The predicted octanol–water partition coefficient (Wildman–Crippen LogP) is 10.3. The molecule has 0 heterocycles. The van der Waals surface area contributed by atoms with Crippen molar-refractivity contribution in [2.24, 2.45) is 10.8 Å². The summed E-state index contributed by atoms with van der Waals surface area (Å²) in [6.45, 7) is 29.7. The van der Waals surface area contributed by atoms with E-state index >= 15 is 0 Å². The summed E-state index contributed by atoms with van der Waals surface area (Å²) in [6.07, 6.45) is 2.96. The lowest BCUT2D eigenvalue weighted by atomic mass is 9.97. The van der Waals surface area contributed by atoms with Crippen molar-refractivity contribution in [3.63, 3.8) is 0 Å². The molecule has 2 aromatic rings. The number of hydrogen-bond donors (Lipinski definition) is 0. The fraction of sp³-hybridized carbons (Fsp3) is 0.556. The molecule has 0 N–H and O–H groups in total. The van der Waals surface area contributed by atoms with Crippen LogP contribution in [0.2, 0.25) is 0 Å². The first-order valence-electron chi connectivity index (χ1n) is 15.6. The molecule has 0 unspecified atom stereocenters. The molecule has 7 nitrogen and oxygen atoms in total. The predicted molar refractivity (Wildman–Crippen MR) is 184 cm³/mol. The van der Waals surface area contributed by atoms with E-state index in [2.05, 4.69) is 45.9 Å². The van der Waals surface area contributed by atoms with Crippen LogP contribution in [0.3, 0.4) is 0 Å². The smallest absolute Gasteiger partial charge is 0.316 e. The van der Waals surface area contributed by atoms with Crippen molar-refractivity contribution in [3.8, 4) is 11.5 Å². The van der Waals surface area contributed by atoms with Crippen LogP contribution < -0.4 is 9.47 Å². The van der Waals surface area contributed by atoms with E-state index in [0.29, 0.717) is 24.7 Å². The van der Waals surface area contributed by atoms with Crippen LogP contribution in [0.4, 0.5) is 0 Å². The third-order valence-electron chi connectivity index (χ3n) is 5.71. The van der Waals surface area contributed by atoms with E-state index in [1.165, 1.54) is 0 Å². The third kappa shape index (κ3) is 15.9. The van der Waals surface area contributed by atoms with Gasteiger partial charge in [0.25, 0.3) is 8.53 Å². The molecule has 0 aliphatic heterocycles. The van der Waals surface area contributed by atoms with Gasteiger partial charge >= 0.3 is 11.9 Å². The first-order valence-corrected chi connectivity index (χ1v) is 16.7. The fourth-order valence-electron chi connectivity index (χ4n) is 3.23. The molecule has 0 radical (unpaired) electrons. The topological polar surface area (TPSA) is 74.3 Å². The summed E-state index contributed by atoms with van der Waals surface area (Å²) in [4.78, 5) is 24.3. The number of benzene rings is 2. The minimum Gasteiger partial charge on any atom is -0.426 e. The number of carbonyl (C=O) groups is 2. The molecule has 0 aliphatic carbocycles. The highest BCUT2D eigenvalue weighted by Crippen LogP contribution is 2.47. The molecule has 0 saturated heterocycles. The Morgan fingerprint density at radius 1 is 0.727 bits per heavy atom. The average Bonchev–Trinajstić information content (AvgIpc) is 2.95. The van der Waals surface area contributed by atoms with Crippen molar-refractivity contribution in [1.82, 2.24) is 4.67 Å². The van der Waals surface area contributed by atoms with Gasteiger partial charge in [-0.2, -0.15) is 0 Å². The fourth-order valence-corrected chi connectivity index (χ4v) is 4.85. The lowest BCUT2D eigenvalue weighted by molar-refractivity contribution is -0.143. The summed E-state index contributed by atoms with van der Waals surface area (Å²) in [7, 11) is -1.36. The summed E-state index contributed by atoms with van der Waals surface area (Å²) in [5.41, 5.74) is 0.773.